The Hall–Kier alpha value is -2.33. The van der Waals surface area contributed by atoms with Crippen molar-refractivity contribution in [3.8, 4) is 16.9 Å². The van der Waals surface area contributed by atoms with Crippen LogP contribution in [0.5, 0.6) is 5.75 Å². The van der Waals surface area contributed by atoms with Gasteiger partial charge in [-0.1, -0.05) is 30.3 Å². The Morgan fingerprint density at radius 1 is 1.00 bits per heavy atom. The van der Waals surface area contributed by atoms with Gasteiger partial charge in [0.1, 0.15) is 5.75 Å². The van der Waals surface area contributed by atoms with E-state index in [4.69, 9.17) is 9.47 Å². The van der Waals surface area contributed by atoms with Gasteiger partial charge in [-0.15, -0.1) is 0 Å². The van der Waals surface area contributed by atoms with Crippen molar-refractivity contribution in [1.29, 1.82) is 0 Å². The zero-order valence-electron chi connectivity index (χ0n) is 14.3. The van der Waals surface area contributed by atoms with Crippen molar-refractivity contribution in [3.05, 3.63) is 53.6 Å². The van der Waals surface area contributed by atoms with Gasteiger partial charge in [-0.3, -0.25) is 4.79 Å². The molecule has 2 heterocycles. The van der Waals surface area contributed by atoms with Gasteiger partial charge < -0.3 is 14.8 Å². The van der Waals surface area contributed by atoms with E-state index in [9.17, 15) is 4.79 Å². The van der Waals surface area contributed by atoms with Crippen molar-refractivity contribution in [2.45, 2.75) is 25.8 Å². The molecule has 0 atom stereocenters. The molecular weight excluding hydrogens is 314 g/mol. The van der Waals surface area contributed by atoms with Crippen LogP contribution < -0.4 is 10.1 Å². The fourth-order valence-corrected chi connectivity index (χ4v) is 3.47. The van der Waals surface area contributed by atoms with E-state index in [2.05, 4.69) is 47.8 Å². The second kappa shape index (κ2) is 7.28. The molecule has 0 aliphatic carbocycles. The molecule has 0 bridgehead atoms. The molecule has 0 saturated carbocycles. The second-order valence-electron chi connectivity index (χ2n) is 6.72. The first-order valence-corrected chi connectivity index (χ1v) is 9.00. The van der Waals surface area contributed by atoms with Gasteiger partial charge in [-0.05, 0) is 47.2 Å². The lowest BCUT2D eigenvalue weighted by Crippen LogP contribution is -2.33. The Kier molecular flexibility index (Phi) is 4.70. The molecular formula is C21H23NO3. The fourth-order valence-electron chi connectivity index (χ4n) is 3.47. The van der Waals surface area contributed by atoms with Gasteiger partial charge in [0.15, 0.2) is 0 Å². The third-order valence-electron chi connectivity index (χ3n) is 5.04. The molecule has 1 N–H and O–H groups in total. The van der Waals surface area contributed by atoms with E-state index in [1.165, 1.54) is 16.7 Å². The summed E-state index contributed by atoms with van der Waals surface area (Å²) in [5, 5.41) is 3.05. The average Bonchev–Trinajstić information content (AvgIpc) is 3.15. The Labute approximate surface area is 148 Å². The van der Waals surface area contributed by atoms with Gasteiger partial charge in [0.25, 0.3) is 0 Å². The third-order valence-corrected chi connectivity index (χ3v) is 5.04. The summed E-state index contributed by atoms with van der Waals surface area (Å²) in [5.41, 5.74) is 4.80. The molecule has 1 fully saturated rings. The number of amides is 1. The molecule has 0 unspecified atom stereocenters. The highest BCUT2D eigenvalue weighted by Gasteiger charge is 2.21. The van der Waals surface area contributed by atoms with Crippen molar-refractivity contribution < 1.29 is 14.3 Å². The van der Waals surface area contributed by atoms with Crippen molar-refractivity contribution in [1.82, 2.24) is 5.32 Å². The highest BCUT2D eigenvalue weighted by atomic mass is 16.5. The van der Waals surface area contributed by atoms with Crippen LogP contribution in [0.3, 0.4) is 0 Å². The Morgan fingerprint density at radius 3 is 2.56 bits per heavy atom. The SMILES string of the molecule is O=C(NCc1ccc(-c2ccc3c(c2)CCO3)cc1)C1CCOCC1. The van der Waals surface area contributed by atoms with Crippen molar-refractivity contribution in [2.24, 2.45) is 5.92 Å². The molecule has 2 aliphatic heterocycles. The van der Waals surface area contributed by atoms with Crippen LogP contribution in [0, 0.1) is 5.92 Å². The van der Waals surface area contributed by atoms with Crippen molar-refractivity contribution >= 4 is 5.91 Å². The van der Waals surface area contributed by atoms with E-state index < -0.39 is 0 Å². The quantitative estimate of drug-likeness (QED) is 0.931. The summed E-state index contributed by atoms with van der Waals surface area (Å²) in [5.74, 6) is 1.25. The first-order chi connectivity index (χ1) is 12.3. The van der Waals surface area contributed by atoms with Gasteiger partial charge in [0.2, 0.25) is 5.91 Å². The number of nitrogens with one attached hydrogen (secondary N) is 1. The Morgan fingerprint density at radius 2 is 1.76 bits per heavy atom. The molecule has 1 amide bonds. The van der Waals surface area contributed by atoms with Crippen LogP contribution >= 0.6 is 0 Å². The largest absolute Gasteiger partial charge is 0.493 e. The van der Waals surface area contributed by atoms with Gasteiger partial charge in [0.05, 0.1) is 6.61 Å². The fraction of sp³-hybridized carbons (Fsp3) is 0.381. The zero-order valence-corrected chi connectivity index (χ0v) is 14.3. The monoisotopic (exact) mass is 337 g/mol. The van der Waals surface area contributed by atoms with Gasteiger partial charge in [-0.25, -0.2) is 0 Å². The van der Waals surface area contributed by atoms with Gasteiger partial charge in [0, 0.05) is 32.1 Å². The van der Waals surface area contributed by atoms with Crippen molar-refractivity contribution in [2.75, 3.05) is 19.8 Å². The molecule has 130 valence electrons. The standard InChI is InChI=1S/C21H23NO3/c23-21(17-7-10-24-11-8-17)22-14-15-1-3-16(4-2-15)18-5-6-20-19(13-18)9-12-25-20/h1-6,13,17H,7-12,14H2,(H,22,23). The lowest BCUT2D eigenvalue weighted by atomic mass is 9.99. The highest BCUT2D eigenvalue weighted by Crippen LogP contribution is 2.30. The van der Waals surface area contributed by atoms with Crippen LogP contribution in [-0.4, -0.2) is 25.7 Å². The first kappa shape index (κ1) is 16.2. The van der Waals surface area contributed by atoms with Crippen LogP contribution in [0.4, 0.5) is 0 Å². The molecule has 4 nitrogen and oxygen atoms in total. The Balaban J connectivity index is 1.37. The van der Waals surface area contributed by atoms with Crippen LogP contribution in [0.15, 0.2) is 42.5 Å². The van der Waals surface area contributed by atoms with Crippen LogP contribution in [-0.2, 0) is 22.5 Å². The summed E-state index contributed by atoms with van der Waals surface area (Å²) in [6, 6.07) is 14.8. The molecule has 2 aromatic carbocycles. The van der Waals surface area contributed by atoms with E-state index in [1.54, 1.807) is 0 Å². The van der Waals surface area contributed by atoms with Crippen LogP contribution in [0.25, 0.3) is 11.1 Å². The number of carbonyl (C=O) groups is 1. The number of carbonyl (C=O) groups excluding carboxylic acids is 1. The van der Waals surface area contributed by atoms with Crippen LogP contribution in [0.1, 0.15) is 24.0 Å². The third kappa shape index (κ3) is 3.69. The number of hydrogen-bond donors (Lipinski definition) is 1. The summed E-state index contributed by atoms with van der Waals surface area (Å²) in [7, 11) is 0. The molecule has 0 spiro atoms. The van der Waals surface area contributed by atoms with E-state index in [0.29, 0.717) is 19.8 Å². The van der Waals surface area contributed by atoms with Crippen molar-refractivity contribution in [3.63, 3.8) is 0 Å². The van der Waals surface area contributed by atoms with E-state index in [1.807, 2.05) is 0 Å². The minimum atomic E-state index is 0.0988. The summed E-state index contributed by atoms with van der Waals surface area (Å²) in [6.07, 6.45) is 2.64. The first-order valence-electron chi connectivity index (χ1n) is 9.00. The normalized spacial score (nSPS) is 17.0. The maximum atomic E-state index is 12.2. The number of fused-ring (bicyclic) bond motifs is 1. The van der Waals surface area contributed by atoms with E-state index in [0.717, 1.165) is 37.2 Å². The second-order valence-corrected chi connectivity index (χ2v) is 6.72. The molecule has 4 rings (SSSR count). The molecule has 25 heavy (non-hydrogen) atoms. The summed E-state index contributed by atoms with van der Waals surface area (Å²) in [6.45, 7) is 2.75. The summed E-state index contributed by atoms with van der Waals surface area (Å²) in [4.78, 5) is 12.2. The minimum absolute atomic E-state index is 0.0988. The average molecular weight is 337 g/mol. The molecule has 1 saturated heterocycles. The Bertz CT molecular complexity index is 748. The maximum Gasteiger partial charge on any atom is 0.223 e. The highest BCUT2D eigenvalue weighted by molar-refractivity contribution is 5.78. The molecule has 0 aromatic heterocycles. The lowest BCUT2D eigenvalue weighted by Gasteiger charge is -2.21. The molecule has 2 aliphatic rings. The smallest absolute Gasteiger partial charge is 0.223 e. The van der Waals surface area contributed by atoms with Gasteiger partial charge >= 0.3 is 0 Å². The zero-order chi connectivity index (χ0) is 17.1. The minimum Gasteiger partial charge on any atom is -0.493 e. The van der Waals surface area contributed by atoms with E-state index >= 15 is 0 Å². The molecule has 2 aromatic rings. The number of hydrogen-bond acceptors (Lipinski definition) is 3. The van der Waals surface area contributed by atoms with E-state index in [-0.39, 0.29) is 11.8 Å². The number of benzene rings is 2. The number of rotatable bonds is 4. The number of ether oxygens (including phenoxy) is 2. The molecule has 4 heteroatoms. The summed E-state index contributed by atoms with van der Waals surface area (Å²) >= 11 is 0. The predicted octanol–water partition coefficient (Wildman–Crippen LogP) is 3.33. The predicted molar refractivity (Wildman–Crippen MR) is 96.5 cm³/mol. The molecule has 0 radical (unpaired) electrons. The lowest BCUT2D eigenvalue weighted by molar-refractivity contribution is -0.128. The van der Waals surface area contributed by atoms with Gasteiger partial charge in [-0.2, -0.15) is 0 Å². The maximum absolute atomic E-state index is 12.2. The topological polar surface area (TPSA) is 47.6 Å². The van der Waals surface area contributed by atoms with Crippen LogP contribution in [0.2, 0.25) is 0 Å². The summed E-state index contributed by atoms with van der Waals surface area (Å²) < 4.78 is 10.9.